The molecule has 2 aliphatic rings. The SMILES string of the molecule is CC(O)CC1CN(C2CCC2)c2ccccc21. The zero-order valence-corrected chi connectivity index (χ0v) is 10.5. The summed E-state index contributed by atoms with van der Waals surface area (Å²) in [4.78, 5) is 2.58. The van der Waals surface area contributed by atoms with E-state index in [1.54, 1.807) is 0 Å². The summed E-state index contributed by atoms with van der Waals surface area (Å²) < 4.78 is 0. The molecule has 0 bridgehead atoms. The van der Waals surface area contributed by atoms with Crippen molar-refractivity contribution in [2.75, 3.05) is 11.4 Å². The summed E-state index contributed by atoms with van der Waals surface area (Å²) in [6.07, 6.45) is 4.75. The average molecular weight is 231 g/mol. The number of benzene rings is 1. The van der Waals surface area contributed by atoms with E-state index in [2.05, 4.69) is 29.2 Å². The lowest BCUT2D eigenvalue weighted by Gasteiger charge is -2.37. The maximum atomic E-state index is 9.62. The van der Waals surface area contributed by atoms with Gasteiger partial charge in [-0.15, -0.1) is 0 Å². The van der Waals surface area contributed by atoms with Crippen molar-refractivity contribution in [1.82, 2.24) is 0 Å². The van der Waals surface area contributed by atoms with Crippen LogP contribution >= 0.6 is 0 Å². The maximum Gasteiger partial charge on any atom is 0.0518 e. The first-order valence-corrected chi connectivity index (χ1v) is 6.79. The molecule has 3 rings (SSSR count). The van der Waals surface area contributed by atoms with Gasteiger partial charge in [-0.1, -0.05) is 18.2 Å². The van der Waals surface area contributed by atoms with Crippen LogP contribution in [0.1, 0.15) is 44.1 Å². The molecule has 0 saturated heterocycles. The highest BCUT2D eigenvalue weighted by molar-refractivity contribution is 5.61. The maximum absolute atomic E-state index is 9.62. The molecule has 17 heavy (non-hydrogen) atoms. The molecule has 1 heterocycles. The van der Waals surface area contributed by atoms with Crippen molar-refractivity contribution in [1.29, 1.82) is 0 Å². The lowest BCUT2D eigenvalue weighted by atomic mass is 9.91. The normalized spacial score (nSPS) is 25.5. The van der Waals surface area contributed by atoms with Gasteiger partial charge < -0.3 is 10.0 Å². The van der Waals surface area contributed by atoms with Gasteiger partial charge in [-0.3, -0.25) is 0 Å². The summed E-state index contributed by atoms with van der Waals surface area (Å²) in [5.41, 5.74) is 2.86. The van der Waals surface area contributed by atoms with Gasteiger partial charge in [-0.05, 0) is 44.2 Å². The van der Waals surface area contributed by atoms with Gasteiger partial charge in [-0.2, -0.15) is 0 Å². The Hall–Kier alpha value is -1.02. The van der Waals surface area contributed by atoms with E-state index in [-0.39, 0.29) is 6.10 Å². The van der Waals surface area contributed by atoms with Gasteiger partial charge in [0.2, 0.25) is 0 Å². The first kappa shape index (κ1) is 11.1. The van der Waals surface area contributed by atoms with Crippen molar-refractivity contribution in [2.45, 2.75) is 50.7 Å². The smallest absolute Gasteiger partial charge is 0.0518 e. The molecule has 0 aromatic heterocycles. The third-order valence-corrected chi connectivity index (χ3v) is 4.24. The third kappa shape index (κ3) is 1.95. The number of anilines is 1. The van der Waals surface area contributed by atoms with Gasteiger partial charge in [0.25, 0.3) is 0 Å². The first-order valence-electron chi connectivity index (χ1n) is 6.79. The third-order valence-electron chi connectivity index (χ3n) is 4.24. The highest BCUT2D eigenvalue weighted by Crippen LogP contribution is 2.42. The van der Waals surface area contributed by atoms with Crippen molar-refractivity contribution >= 4 is 5.69 Å². The fourth-order valence-electron chi connectivity index (χ4n) is 3.19. The lowest BCUT2D eigenvalue weighted by Crippen LogP contribution is -2.39. The number of nitrogens with zero attached hydrogens (tertiary/aromatic N) is 1. The Kier molecular flexibility index (Phi) is 2.83. The molecule has 92 valence electrons. The highest BCUT2D eigenvalue weighted by atomic mass is 16.3. The largest absolute Gasteiger partial charge is 0.393 e. The molecule has 1 aromatic carbocycles. The Bertz CT molecular complexity index is 398. The van der Waals surface area contributed by atoms with Gasteiger partial charge in [0.1, 0.15) is 0 Å². The molecule has 1 fully saturated rings. The molecule has 0 spiro atoms. The number of aliphatic hydroxyl groups excluding tert-OH is 1. The predicted molar refractivity (Wildman–Crippen MR) is 70.5 cm³/mol. The Balaban J connectivity index is 1.86. The van der Waals surface area contributed by atoms with Crippen LogP contribution in [0.2, 0.25) is 0 Å². The second kappa shape index (κ2) is 4.34. The Morgan fingerprint density at radius 2 is 2.12 bits per heavy atom. The molecule has 0 amide bonds. The van der Waals surface area contributed by atoms with E-state index in [1.165, 1.54) is 30.5 Å². The molecule has 1 aliphatic heterocycles. The molecular formula is C15H21NO. The number of hydrogen-bond donors (Lipinski definition) is 1. The van der Waals surface area contributed by atoms with Crippen LogP contribution in [0.5, 0.6) is 0 Å². The topological polar surface area (TPSA) is 23.5 Å². The number of hydrogen-bond acceptors (Lipinski definition) is 2. The van der Waals surface area contributed by atoms with E-state index in [9.17, 15) is 5.11 Å². The van der Waals surface area contributed by atoms with E-state index in [0.717, 1.165) is 19.0 Å². The molecule has 2 nitrogen and oxygen atoms in total. The minimum Gasteiger partial charge on any atom is -0.393 e. The monoisotopic (exact) mass is 231 g/mol. The van der Waals surface area contributed by atoms with Crippen LogP contribution in [0.3, 0.4) is 0 Å². The van der Waals surface area contributed by atoms with Crippen molar-refractivity contribution in [3.63, 3.8) is 0 Å². The molecule has 2 unspecified atom stereocenters. The number of aliphatic hydroxyl groups is 1. The minimum absolute atomic E-state index is 0.200. The van der Waals surface area contributed by atoms with E-state index in [1.807, 2.05) is 6.92 Å². The standard InChI is InChI=1S/C15H21NO/c1-11(17)9-12-10-16(13-5-4-6-13)15-8-3-2-7-14(12)15/h2-3,7-8,11-13,17H,4-6,9-10H2,1H3. The molecule has 0 radical (unpaired) electrons. The lowest BCUT2D eigenvalue weighted by molar-refractivity contribution is 0.175. The fraction of sp³-hybridized carbons (Fsp3) is 0.600. The molecule has 1 aliphatic carbocycles. The molecule has 2 heteroatoms. The Morgan fingerprint density at radius 3 is 2.76 bits per heavy atom. The molecule has 2 atom stereocenters. The molecule has 1 N–H and O–H groups in total. The zero-order chi connectivity index (χ0) is 11.8. The van der Waals surface area contributed by atoms with Crippen LogP contribution < -0.4 is 4.90 Å². The number of para-hydroxylation sites is 1. The van der Waals surface area contributed by atoms with Crippen LogP contribution in [-0.4, -0.2) is 23.8 Å². The summed E-state index contributed by atoms with van der Waals surface area (Å²) in [6, 6.07) is 9.50. The van der Waals surface area contributed by atoms with E-state index in [4.69, 9.17) is 0 Å². The zero-order valence-electron chi connectivity index (χ0n) is 10.5. The number of fused-ring (bicyclic) bond motifs is 1. The van der Waals surface area contributed by atoms with Crippen LogP contribution in [0, 0.1) is 0 Å². The van der Waals surface area contributed by atoms with Crippen molar-refractivity contribution in [3.8, 4) is 0 Å². The van der Waals surface area contributed by atoms with E-state index in [0.29, 0.717) is 5.92 Å². The summed E-state index contributed by atoms with van der Waals surface area (Å²) in [5, 5.41) is 9.62. The summed E-state index contributed by atoms with van der Waals surface area (Å²) in [5.74, 6) is 0.520. The molecule has 1 saturated carbocycles. The highest BCUT2D eigenvalue weighted by Gasteiger charge is 2.35. The van der Waals surface area contributed by atoms with Gasteiger partial charge >= 0.3 is 0 Å². The molecular weight excluding hydrogens is 210 g/mol. The van der Waals surface area contributed by atoms with Gasteiger partial charge in [0.15, 0.2) is 0 Å². The van der Waals surface area contributed by atoms with Gasteiger partial charge in [0, 0.05) is 24.2 Å². The quantitative estimate of drug-likeness (QED) is 0.864. The minimum atomic E-state index is -0.200. The van der Waals surface area contributed by atoms with Crippen LogP contribution in [-0.2, 0) is 0 Å². The van der Waals surface area contributed by atoms with Gasteiger partial charge in [-0.25, -0.2) is 0 Å². The van der Waals surface area contributed by atoms with Crippen LogP contribution in [0.15, 0.2) is 24.3 Å². The fourth-order valence-corrected chi connectivity index (χ4v) is 3.19. The van der Waals surface area contributed by atoms with E-state index >= 15 is 0 Å². The first-order chi connectivity index (χ1) is 8.25. The van der Waals surface area contributed by atoms with Crippen molar-refractivity contribution in [3.05, 3.63) is 29.8 Å². The van der Waals surface area contributed by atoms with Crippen LogP contribution in [0.4, 0.5) is 5.69 Å². The van der Waals surface area contributed by atoms with Crippen molar-refractivity contribution in [2.24, 2.45) is 0 Å². The predicted octanol–water partition coefficient (Wildman–Crippen LogP) is 2.91. The summed E-state index contributed by atoms with van der Waals surface area (Å²) in [7, 11) is 0. The van der Waals surface area contributed by atoms with Crippen molar-refractivity contribution < 1.29 is 5.11 Å². The second-order valence-corrected chi connectivity index (χ2v) is 5.58. The Labute approximate surface area is 103 Å². The summed E-state index contributed by atoms with van der Waals surface area (Å²) >= 11 is 0. The van der Waals surface area contributed by atoms with Crippen LogP contribution in [0.25, 0.3) is 0 Å². The second-order valence-electron chi connectivity index (χ2n) is 5.58. The van der Waals surface area contributed by atoms with E-state index < -0.39 is 0 Å². The van der Waals surface area contributed by atoms with Gasteiger partial charge in [0.05, 0.1) is 6.10 Å². The number of rotatable bonds is 3. The Morgan fingerprint density at radius 1 is 1.35 bits per heavy atom. The summed E-state index contributed by atoms with van der Waals surface area (Å²) in [6.45, 7) is 3.00. The average Bonchev–Trinajstić information content (AvgIpc) is 2.55. The molecule has 1 aromatic rings.